The highest BCUT2D eigenvalue weighted by molar-refractivity contribution is 5.82. The zero-order chi connectivity index (χ0) is 24.9. The van der Waals surface area contributed by atoms with Crippen LogP contribution in [0.1, 0.15) is 25.1 Å². The van der Waals surface area contributed by atoms with Crippen LogP contribution >= 0.6 is 0 Å². The van der Waals surface area contributed by atoms with Crippen molar-refractivity contribution in [2.75, 3.05) is 25.0 Å². The Morgan fingerprint density at radius 1 is 1.09 bits per heavy atom. The van der Waals surface area contributed by atoms with Crippen molar-refractivity contribution in [2.24, 2.45) is 7.05 Å². The maximum absolute atomic E-state index is 14.2. The number of likely N-dealkylation sites (N-methyl/N-ethyl adjacent to an activating group) is 1. The third-order valence-corrected chi connectivity index (χ3v) is 5.92. The second-order valence-electron chi connectivity index (χ2n) is 8.52. The lowest BCUT2D eigenvalue weighted by molar-refractivity contribution is -0.119. The van der Waals surface area contributed by atoms with Gasteiger partial charge in [0.05, 0.1) is 35.4 Å². The zero-order valence-corrected chi connectivity index (χ0v) is 20.5. The Balaban J connectivity index is 1.50. The van der Waals surface area contributed by atoms with E-state index in [-0.39, 0.29) is 18.0 Å². The molecule has 182 valence electrons. The molecule has 35 heavy (non-hydrogen) atoms. The van der Waals surface area contributed by atoms with Crippen molar-refractivity contribution in [3.63, 3.8) is 0 Å². The van der Waals surface area contributed by atoms with Crippen LogP contribution in [0.3, 0.4) is 0 Å². The van der Waals surface area contributed by atoms with Gasteiger partial charge in [0, 0.05) is 25.4 Å². The number of aromatic nitrogens is 3. The Bertz CT molecular complexity index is 1350. The van der Waals surface area contributed by atoms with Gasteiger partial charge in [-0.2, -0.15) is 0 Å². The van der Waals surface area contributed by atoms with Crippen LogP contribution in [0.25, 0.3) is 11.0 Å². The number of Topliss-reactive ketones (excluding diaryl/α,β-unsaturated/α-hetero) is 1. The van der Waals surface area contributed by atoms with Crippen molar-refractivity contribution >= 4 is 28.5 Å². The third kappa shape index (κ3) is 5.84. The molecular formula is C27H30FN5O2. The Morgan fingerprint density at radius 3 is 2.63 bits per heavy atom. The monoisotopic (exact) mass is 475 g/mol. The molecule has 0 radical (unpaired) electrons. The number of benzene rings is 2. The summed E-state index contributed by atoms with van der Waals surface area (Å²) in [7, 11) is 1.87. The van der Waals surface area contributed by atoms with Crippen molar-refractivity contribution in [3.05, 3.63) is 71.8 Å². The molecule has 2 heterocycles. The minimum absolute atomic E-state index is 0.123. The SMILES string of the molecule is CCN(CC)CC(=O)Cc1cc(Oc2ccc3c(c2)nc(Nc2cc(C)ccc2F)n3C)ccn1. The molecule has 0 aliphatic heterocycles. The standard InChI is InChI=1S/C27H30FN5O2/c1-5-33(6-2)17-20(34)14-19-15-22(11-12-29-19)35-21-8-10-26-25(16-21)31-27(32(26)4)30-24-13-18(3)7-9-23(24)28/h7-13,15-16H,5-6,14,17H2,1-4H3,(H,30,31). The molecule has 0 saturated carbocycles. The molecule has 0 spiro atoms. The van der Waals surface area contributed by atoms with Crippen molar-refractivity contribution < 1.29 is 13.9 Å². The molecule has 4 rings (SSSR count). The van der Waals surface area contributed by atoms with Crippen LogP contribution in [-0.2, 0) is 18.3 Å². The van der Waals surface area contributed by atoms with Gasteiger partial charge in [-0.15, -0.1) is 0 Å². The molecular weight excluding hydrogens is 445 g/mol. The molecule has 0 aliphatic carbocycles. The number of hydrogen-bond donors (Lipinski definition) is 1. The van der Waals surface area contributed by atoms with Gasteiger partial charge in [0.15, 0.2) is 5.78 Å². The summed E-state index contributed by atoms with van der Waals surface area (Å²) in [4.78, 5) is 23.4. The quantitative estimate of drug-likeness (QED) is 0.331. The zero-order valence-electron chi connectivity index (χ0n) is 20.5. The lowest BCUT2D eigenvalue weighted by atomic mass is 10.2. The molecule has 2 aromatic carbocycles. The van der Waals surface area contributed by atoms with Gasteiger partial charge >= 0.3 is 0 Å². The number of halogens is 1. The first-order valence-corrected chi connectivity index (χ1v) is 11.7. The number of rotatable bonds is 10. The van der Waals surface area contributed by atoms with E-state index in [9.17, 15) is 9.18 Å². The topological polar surface area (TPSA) is 72.3 Å². The molecule has 0 atom stereocenters. The first kappa shape index (κ1) is 24.3. The lowest BCUT2D eigenvalue weighted by Gasteiger charge is -2.16. The van der Waals surface area contributed by atoms with Crippen LogP contribution < -0.4 is 10.1 Å². The minimum atomic E-state index is -0.337. The highest BCUT2D eigenvalue weighted by Crippen LogP contribution is 2.29. The summed E-state index contributed by atoms with van der Waals surface area (Å²) in [5.41, 5.74) is 3.59. The van der Waals surface area contributed by atoms with E-state index in [2.05, 4.69) is 20.2 Å². The Hall–Kier alpha value is -3.78. The van der Waals surface area contributed by atoms with Gasteiger partial charge in [0.25, 0.3) is 0 Å². The van der Waals surface area contributed by atoms with Gasteiger partial charge < -0.3 is 14.6 Å². The number of hydrogen-bond acceptors (Lipinski definition) is 6. The fourth-order valence-corrected chi connectivity index (χ4v) is 3.92. The predicted octanol–water partition coefficient (Wildman–Crippen LogP) is 5.41. The van der Waals surface area contributed by atoms with Crippen molar-refractivity contribution in [1.82, 2.24) is 19.4 Å². The van der Waals surface area contributed by atoms with Crippen LogP contribution in [0.15, 0.2) is 54.7 Å². The Kier molecular flexibility index (Phi) is 7.41. The first-order valence-electron chi connectivity index (χ1n) is 11.7. The first-order chi connectivity index (χ1) is 16.9. The molecule has 0 aliphatic rings. The second kappa shape index (κ2) is 10.7. The van der Waals surface area contributed by atoms with Crippen LogP contribution in [-0.4, -0.2) is 44.9 Å². The van der Waals surface area contributed by atoms with E-state index >= 15 is 0 Å². The average molecular weight is 476 g/mol. The summed E-state index contributed by atoms with van der Waals surface area (Å²) in [6, 6.07) is 14.1. The highest BCUT2D eigenvalue weighted by Gasteiger charge is 2.13. The number of carbonyl (C=O) groups excluding carboxylic acids is 1. The number of fused-ring (bicyclic) bond motifs is 1. The van der Waals surface area contributed by atoms with Gasteiger partial charge in [-0.25, -0.2) is 9.37 Å². The van der Waals surface area contributed by atoms with Crippen LogP contribution in [0.4, 0.5) is 16.0 Å². The summed E-state index contributed by atoms with van der Waals surface area (Å²) in [5.74, 6) is 1.52. The largest absolute Gasteiger partial charge is 0.457 e. The maximum atomic E-state index is 14.2. The molecule has 7 nitrogen and oxygen atoms in total. The summed E-state index contributed by atoms with van der Waals surface area (Å²) in [6.45, 7) is 8.09. The van der Waals surface area contributed by atoms with E-state index in [1.165, 1.54) is 6.07 Å². The van der Waals surface area contributed by atoms with Crippen molar-refractivity contribution in [3.8, 4) is 11.5 Å². The summed E-state index contributed by atoms with van der Waals surface area (Å²) in [5, 5.41) is 3.08. The third-order valence-electron chi connectivity index (χ3n) is 5.92. The maximum Gasteiger partial charge on any atom is 0.208 e. The molecule has 1 N–H and O–H groups in total. The molecule has 4 aromatic rings. The number of aryl methyl sites for hydroxylation is 2. The highest BCUT2D eigenvalue weighted by atomic mass is 19.1. The smallest absolute Gasteiger partial charge is 0.208 e. The molecule has 0 saturated heterocycles. The Morgan fingerprint density at radius 2 is 1.86 bits per heavy atom. The number of nitrogens with zero attached hydrogens (tertiary/aromatic N) is 4. The lowest BCUT2D eigenvalue weighted by Crippen LogP contribution is -2.30. The van der Waals surface area contributed by atoms with E-state index in [0.717, 1.165) is 24.2 Å². The van der Waals surface area contributed by atoms with Gasteiger partial charge in [0.2, 0.25) is 5.95 Å². The van der Waals surface area contributed by atoms with E-state index in [1.54, 1.807) is 30.5 Å². The average Bonchev–Trinajstić information content (AvgIpc) is 3.14. The number of ketones is 1. The van der Waals surface area contributed by atoms with Crippen molar-refractivity contribution in [1.29, 1.82) is 0 Å². The van der Waals surface area contributed by atoms with Gasteiger partial charge in [0.1, 0.15) is 17.3 Å². The number of nitrogens with one attached hydrogen (secondary N) is 1. The van der Waals surface area contributed by atoms with Gasteiger partial charge in [-0.1, -0.05) is 19.9 Å². The predicted molar refractivity (Wildman–Crippen MR) is 136 cm³/mol. The van der Waals surface area contributed by atoms with Gasteiger partial charge in [-0.3, -0.25) is 14.7 Å². The number of imidazole rings is 1. The van der Waals surface area contributed by atoms with E-state index in [0.29, 0.717) is 40.9 Å². The number of ether oxygens (including phenoxy) is 1. The van der Waals surface area contributed by atoms with Crippen LogP contribution in [0.2, 0.25) is 0 Å². The normalized spacial score (nSPS) is 11.3. The molecule has 0 bridgehead atoms. The van der Waals surface area contributed by atoms with Crippen molar-refractivity contribution in [2.45, 2.75) is 27.2 Å². The molecule has 0 unspecified atom stereocenters. The molecule has 8 heteroatoms. The number of anilines is 2. The molecule has 0 amide bonds. The summed E-state index contributed by atoms with van der Waals surface area (Å²) >= 11 is 0. The van der Waals surface area contributed by atoms with Crippen LogP contribution in [0, 0.1) is 12.7 Å². The second-order valence-corrected chi connectivity index (χ2v) is 8.52. The minimum Gasteiger partial charge on any atom is -0.457 e. The van der Waals surface area contributed by atoms with Crippen LogP contribution in [0.5, 0.6) is 11.5 Å². The summed E-state index contributed by atoms with van der Waals surface area (Å²) < 4.78 is 22.1. The van der Waals surface area contributed by atoms with E-state index in [4.69, 9.17) is 4.74 Å². The fourth-order valence-electron chi connectivity index (χ4n) is 3.92. The van der Waals surface area contributed by atoms with E-state index in [1.807, 2.05) is 50.6 Å². The fraction of sp³-hybridized carbons (Fsp3) is 0.296. The van der Waals surface area contributed by atoms with E-state index < -0.39 is 0 Å². The Labute approximate surface area is 204 Å². The number of pyridine rings is 1. The molecule has 0 fully saturated rings. The molecule has 2 aromatic heterocycles. The van der Waals surface area contributed by atoms with Gasteiger partial charge in [-0.05, 0) is 55.9 Å². The number of carbonyl (C=O) groups is 1. The summed E-state index contributed by atoms with van der Waals surface area (Å²) in [6.07, 6.45) is 1.91.